The number of rotatable bonds is 4. The van der Waals surface area contributed by atoms with E-state index in [4.69, 9.17) is 0 Å². The Morgan fingerprint density at radius 3 is 2.40 bits per heavy atom. The van der Waals surface area contributed by atoms with Crippen molar-refractivity contribution in [3.63, 3.8) is 0 Å². The van der Waals surface area contributed by atoms with E-state index in [9.17, 15) is 0 Å². The molecule has 4 aliphatic carbocycles. The van der Waals surface area contributed by atoms with Crippen LogP contribution in [0.25, 0.3) is 0 Å². The maximum absolute atomic E-state index is 4.24. The number of hydrogen-bond acceptors (Lipinski definition) is 2. The number of nitrogens with one attached hydrogen (secondary N) is 1. The Morgan fingerprint density at radius 1 is 1.20 bits per heavy atom. The van der Waals surface area contributed by atoms with Gasteiger partial charge in [0.15, 0.2) is 0 Å². The van der Waals surface area contributed by atoms with Gasteiger partial charge in [0.25, 0.3) is 0 Å². The topological polar surface area (TPSA) is 24.9 Å². The second kappa shape index (κ2) is 4.84. The molecule has 0 saturated heterocycles. The number of nitrogens with zero attached hydrogens (tertiary/aromatic N) is 1. The first kappa shape index (κ1) is 12.8. The van der Waals surface area contributed by atoms with E-state index in [2.05, 4.69) is 23.3 Å². The SMILES string of the molecule is CC(NCC12CC3CC(CC(C3)C1)C2)c1cccnc1. The molecule has 1 unspecified atom stereocenters. The quantitative estimate of drug-likeness (QED) is 0.896. The fourth-order valence-corrected chi connectivity index (χ4v) is 5.63. The summed E-state index contributed by atoms with van der Waals surface area (Å²) in [4.78, 5) is 4.24. The summed E-state index contributed by atoms with van der Waals surface area (Å²) < 4.78 is 0. The molecule has 0 aliphatic heterocycles. The Labute approximate surface area is 122 Å². The Balaban J connectivity index is 1.42. The van der Waals surface area contributed by atoms with E-state index in [1.54, 1.807) is 0 Å². The molecule has 5 rings (SSSR count). The lowest BCUT2D eigenvalue weighted by atomic mass is 9.49. The van der Waals surface area contributed by atoms with E-state index in [0.717, 1.165) is 17.8 Å². The summed E-state index contributed by atoms with van der Waals surface area (Å²) in [6, 6.07) is 4.65. The monoisotopic (exact) mass is 270 g/mol. The fourth-order valence-electron chi connectivity index (χ4n) is 5.63. The highest BCUT2D eigenvalue weighted by Crippen LogP contribution is 2.59. The minimum atomic E-state index is 0.428. The maximum atomic E-state index is 4.24. The summed E-state index contributed by atoms with van der Waals surface area (Å²) in [6.45, 7) is 3.49. The maximum Gasteiger partial charge on any atom is 0.0315 e. The molecule has 1 atom stereocenters. The van der Waals surface area contributed by atoms with Crippen LogP contribution in [-0.4, -0.2) is 11.5 Å². The lowest BCUT2D eigenvalue weighted by Gasteiger charge is -2.57. The van der Waals surface area contributed by atoms with Crippen LogP contribution in [0.2, 0.25) is 0 Å². The van der Waals surface area contributed by atoms with Gasteiger partial charge in [-0.15, -0.1) is 0 Å². The van der Waals surface area contributed by atoms with Crippen molar-refractivity contribution < 1.29 is 0 Å². The van der Waals surface area contributed by atoms with Crippen LogP contribution in [0.15, 0.2) is 24.5 Å². The zero-order valence-electron chi connectivity index (χ0n) is 12.5. The summed E-state index contributed by atoms with van der Waals surface area (Å²) >= 11 is 0. The molecular formula is C18H26N2. The standard InChI is InChI=1S/C18H26N2/c1-13(17-3-2-4-19-11-17)20-12-18-8-14-5-15(9-18)7-16(6-14)10-18/h2-4,11,13-16,20H,5-10,12H2,1H3. The number of hydrogen-bond donors (Lipinski definition) is 1. The predicted molar refractivity (Wildman–Crippen MR) is 81.3 cm³/mol. The van der Waals surface area contributed by atoms with Crippen molar-refractivity contribution in [2.75, 3.05) is 6.54 Å². The van der Waals surface area contributed by atoms with Crippen molar-refractivity contribution in [1.82, 2.24) is 10.3 Å². The Kier molecular flexibility index (Phi) is 3.10. The van der Waals surface area contributed by atoms with Crippen LogP contribution >= 0.6 is 0 Å². The summed E-state index contributed by atoms with van der Waals surface area (Å²) in [5.41, 5.74) is 1.95. The zero-order valence-corrected chi connectivity index (χ0v) is 12.5. The van der Waals surface area contributed by atoms with Crippen molar-refractivity contribution in [3.05, 3.63) is 30.1 Å². The lowest BCUT2D eigenvalue weighted by molar-refractivity contribution is -0.0523. The van der Waals surface area contributed by atoms with E-state index in [0.29, 0.717) is 11.5 Å². The Bertz CT molecular complexity index is 432. The third-order valence-electron chi connectivity index (χ3n) is 6.13. The highest BCUT2D eigenvalue weighted by molar-refractivity contribution is 5.13. The van der Waals surface area contributed by atoms with Crippen molar-refractivity contribution in [2.45, 2.75) is 51.5 Å². The van der Waals surface area contributed by atoms with Gasteiger partial charge in [-0.3, -0.25) is 4.98 Å². The molecule has 4 aliphatic rings. The average Bonchev–Trinajstić information content (AvgIpc) is 2.44. The van der Waals surface area contributed by atoms with E-state index in [1.807, 2.05) is 18.5 Å². The molecule has 108 valence electrons. The van der Waals surface area contributed by atoms with Crippen molar-refractivity contribution >= 4 is 0 Å². The molecule has 0 spiro atoms. The van der Waals surface area contributed by atoms with Crippen molar-refractivity contribution in [3.8, 4) is 0 Å². The lowest BCUT2D eigenvalue weighted by Crippen LogP contribution is -2.50. The van der Waals surface area contributed by atoms with E-state index in [1.165, 1.54) is 50.6 Å². The highest BCUT2D eigenvalue weighted by atomic mass is 14.9. The van der Waals surface area contributed by atoms with Crippen LogP contribution in [0, 0.1) is 23.2 Å². The van der Waals surface area contributed by atoms with Gasteiger partial charge >= 0.3 is 0 Å². The smallest absolute Gasteiger partial charge is 0.0315 e. The first-order valence-corrected chi connectivity index (χ1v) is 8.36. The third-order valence-corrected chi connectivity index (χ3v) is 6.13. The number of pyridine rings is 1. The fraction of sp³-hybridized carbons (Fsp3) is 0.722. The summed E-state index contributed by atoms with van der Waals surface area (Å²) in [5.74, 6) is 3.16. The molecule has 20 heavy (non-hydrogen) atoms. The first-order valence-electron chi connectivity index (χ1n) is 8.36. The number of aromatic nitrogens is 1. The molecule has 2 heteroatoms. The van der Waals surface area contributed by atoms with Gasteiger partial charge in [-0.05, 0) is 80.2 Å². The summed E-state index contributed by atoms with van der Waals surface area (Å²) in [5, 5.41) is 3.82. The Morgan fingerprint density at radius 2 is 1.85 bits per heavy atom. The first-order chi connectivity index (χ1) is 9.72. The van der Waals surface area contributed by atoms with E-state index >= 15 is 0 Å². The molecule has 4 saturated carbocycles. The third kappa shape index (κ3) is 2.28. The van der Waals surface area contributed by atoms with E-state index < -0.39 is 0 Å². The largest absolute Gasteiger partial charge is 0.310 e. The molecule has 2 nitrogen and oxygen atoms in total. The van der Waals surface area contributed by atoms with Gasteiger partial charge in [0.2, 0.25) is 0 Å². The van der Waals surface area contributed by atoms with Crippen LogP contribution in [0.3, 0.4) is 0 Å². The van der Waals surface area contributed by atoms with Crippen LogP contribution in [0.5, 0.6) is 0 Å². The van der Waals surface area contributed by atoms with Gasteiger partial charge in [-0.25, -0.2) is 0 Å². The molecule has 0 amide bonds. The van der Waals surface area contributed by atoms with Crippen LogP contribution in [0.4, 0.5) is 0 Å². The molecule has 1 aromatic rings. The molecule has 4 bridgehead atoms. The average molecular weight is 270 g/mol. The van der Waals surface area contributed by atoms with Gasteiger partial charge < -0.3 is 5.32 Å². The Hall–Kier alpha value is -0.890. The van der Waals surface area contributed by atoms with Gasteiger partial charge in [-0.2, -0.15) is 0 Å². The minimum Gasteiger partial charge on any atom is -0.310 e. The summed E-state index contributed by atoms with van der Waals surface area (Å²) in [6.07, 6.45) is 12.9. The molecule has 1 heterocycles. The molecule has 0 radical (unpaired) electrons. The van der Waals surface area contributed by atoms with Crippen LogP contribution < -0.4 is 5.32 Å². The second-order valence-corrected chi connectivity index (χ2v) is 7.81. The normalized spacial score (nSPS) is 40.0. The summed E-state index contributed by atoms with van der Waals surface area (Å²) in [7, 11) is 0. The van der Waals surface area contributed by atoms with E-state index in [-0.39, 0.29) is 0 Å². The van der Waals surface area contributed by atoms with Crippen molar-refractivity contribution in [2.24, 2.45) is 23.2 Å². The second-order valence-electron chi connectivity index (χ2n) is 7.81. The highest BCUT2D eigenvalue weighted by Gasteiger charge is 2.50. The van der Waals surface area contributed by atoms with Crippen LogP contribution in [-0.2, 0) is 0 Å². The van der Waals surface area contributed by atoms with Gasteiger partial charge in [0.1, 0.15) is 0 Å². The van der Waals surface area contributed by atoms with Crippen LogP contribution in [0.1, 0.15) is 57.1 Å². The molecular weight excluding hydrogens is 244 g/mol. The van der Waals surface area contributed by atoms with Gasteiger partial charge in [-0.1, -0.05) is 6.07 Å². The molecule has 1 aromatic heterocycles. The minimum absolute atomic E-state index is 0.428. The van der Waals surface area contributed by atoms with Gasteiger partial charge in [0.05, 0.1) is 0 Å². The van der Waals surface area contributed by atoms with Gasteiger partial charge in [0, 0.05) is 25.0 Å². The zero-order chi connectivity index (χ0) is 13.6. The molecule has 1 N–H and O–H groups in total. The predicted octanol–water partition coefficient (Wildman–Crippen LogP) is 3.95. The van der Waals surface area contributed by atoms with Crippen molar-refractivity contribution in [1.29, 1.82) is 0 Å². The molecule has 4 fully saturated rings. The molecule has 0 aromatic carbocycles.